The highest BCUT2D eigenvalue weighted by Gasteiger charge is 2.12. The van der Waals surface area contributed by atoms with E-state index in [1.807, 2.05) is 30.3 Å². The van der Waals surface area contributed by atoms with Gasteiger partial charge in [0.1, 0.15) is 17.9 Å². The fourth-order valence-corrected chi connectivity index (χ4v) is 3.70. The first-order valence-electron chi connectivity index (χ1n) is 10.8. The SMILES string of the molecule is CCc1cc(N2/C=C(/c3cccc(N)c3)C/C=C\C(c3ccc(OC)cc3)=C/C2)ncn1. The smallest absolute Gasteiger partial charge is 0.136 e. The minimum absolute atomic E-state index is 0.678. The largest absolute Gasteiger partial charge is 0.497 e. The number of nitrogens with two attached hydrogens (primary N) is 1. The summed E-state index contributed by atoms with van der Waals surface area (Å²) in [4.78, 5) is 11.1. The van der Waals surface area contributed by atoms with Crippen LogP contribution in [0.2, 0.25) is 0 Å². The predicted octanol–water partition coefficient (Wildman–Crippen LogP) is 5.52. The maximum atomic E-state index is 6.07. The molecular formula is C27H28N4O. The molecule has 0 radical (unpaired) electrons. The lowest BCUT2D eigenvalue weighted by atomic mass is 10.0. The van der Waals surface area contributed by atoms with E-state index in [9.17, 15) is 0 Å². The molecule has 1 aliphatic rings. The third kappa shape index (κ3) is 5.06. The first-order chi connectivity index (χ1) is 15.7. The highest BCUT2D eigenvalue weighted by Crippen LogP contribution is 2.27. The maximum absolute atomic E-state index is 6.07. The minimum Gasteiger partial charge on any atom is -0.497 e. The second-order valence-electron chi connectivity index (χ2n) is 7.65. The van der Waals surface area contributed by atoms with E-state index in [2.05, 4.69) is 70.5 Å². The van der Waals surface area contributed by atoms with Crippen molar-refractivity contribution in [2.75, 3.05) is 24.3 Å². The Hall–Kier alpha value is -3.86. The second-order valence-corrected chi connectivity index (χ2v) is 7.65. The normalized spacial score (nSPS) is 18.4. The number of nitrogens with zero attached hydrogens (tertiary/aromatic N) is 3. The van der Waals surface area contributed by atoms with Gasteiger partial charge in [-0.3, -0.25) is 0 Å². The van der Waals surface area contributed by atoms with Crippen molar-refractivity contribution in [3.63, 3.8) is 0 Å². The summed E-state index contributed by atoms with van der Waals surface area (Å²) in [5.74, 6) is 1.73. The second kappa shape index (κ2) is 9.96. The average Bonchev–Trinajstić information content (AvgIpc) is 2.95. The van der Waals surface area contributed by atoms with Gasteiger partial charge in [-0.25, -0.2) is 9.97 Å². The number of allylic oxidation sites excluding steroid dienone is 4. The summed E-state index contributed by atoms with van der Waals surface area (Å²) in [7, 11) is 1.68. The monoisotopic (exact) mass is 424 g/mol. The van der Waals surface area contributed by atoms with Gasteiger partial charge in [-0.15, -0.1) is 0 Å². The molecule has 2 heterocycles. The molecule has 32 heavy (non-hydrogen) atoms. The molecule has 2 aromatic carbocycles. The van der Waals surface area contributed by atoms with E-state index < -0.39 is 0 Å². The molecule has 1 aliphatic heterocycles. The third-order valence-electron chi connectivity index (χ3n) is 5.50. The number of anilines is 2. The van der Waals surface area contributed by atoms with E-state index in [0.29, 0.717) is 6.54 Å². The summed E-state index contributed by atoms with van der Waals surface area (Å²) < 4.78 is 5.31. The molecule has 162 valence electrons. The van der Waals surface area contributed by atoms with Crippen molar-refractivity contribution in [3.05, 3.63) is 102 Å². The average molecular weight is 425 g/mol. The van der Waals surface area contributed by atoms with E-state index in [0.717, 1.165) is 52.5 Å². The van der Waals surface area contributed by atoms with Crippen molar-refractivity contribution >= 4 is 22.7 Å². The van der Waals surface area contributed by atoms with Crippen LogP contribution in [-0.4, -0.2) is 23.6 Å². The molecular weight excluding hydrogens is 396 g/mol. The van der Waals surface area contributed by atoms with Crippen molar-refractivity contribution in [1.29, 1.82) is 0 Å². The van der Waals surface area contributed by atoms with Crippen LogP contribution < -0.4 is 15.4 Å². The zero-order chi connectivity index (χ0) is 22.3. The van der Waals surface area contributed by atoms with Crippen LogP contribution >= 0.6 is 0 Å². The molecule has 5 nitrogen and oxygen atoms in total. The van der Waals surface area contributed by atoms with Gasteiger partial charge in [-0.1, -0.05) is 49.4 Å². The van der Waals surface area contributed by atoms with Crippen LogP contribution in [0.25, 0.3) is 11.1 Å². The highest BCUT2D eigenvalue weighted by molar-refractivity contribution is 5.78. The number of nitrogen functional groups attached to an aromatic ring is 1. The van der Waals surface area contributed by atoms with Crippen LogP contribution in [0.1, 0.15) is 30.2 Å². The van der Waals surface area contributed by atoms with E-state index in [-0.39, 0.29) is 0 Å². The summed E-state index contributed by atoms with van der Waals surface area (Å²) in [5, 5.41) is 0. The zero-order valence-electron chi connectivity index (χ0n) is 18.5. The zero-order valence-corrected chi connectivity index (χ0v) is 18.5. The predicted molar refractivity (Wildman–Crippen MR) is 132 cm³/mol. The van der Waals surface area contributed by atoms with Crippen LogP contribution in [0.3, 0.4) is 0 Å². The molecule has 1 aromatic heterocycles. The van der Waals surface area contributed by atoms with Crippen molar-refractivity contribution in [2.24, 2.45) is 0 Å². The molecule has 3 aromatic rings. The van der Waals surface area contributed by atoms with Gasteiger partial charge in [0.25, 0.3) is 0 Å². The van der Waals surface area contributed by atoms with Crippen LogP contribution in [0, 0.1) is 0 Å². The molecule has 0 amide bonds. The molecule has 0 fully saturated rings. The van der Waals surface area contributed by atoms with Gasteiger partial charge >= 0.3 is 0 Å². The van der Waals surface area contributed by atoms with Crippen molar-refractivity contribution in [1.82, 2.24) is 9.97 Å². The van der Waals surface area contributed by atoms with E-state index in [4.69, 9.17) is 10.5 Å². The molecule has 4 rings (SSSR count). The minimum atomic E-state index is 0.678. The molecule has 0 atom stereocenters. The molecule has 0 spiro atoms. The maximum Gasteiger partial charge on any atom is 0.136 e. The Bertz CT molecular complexity index is 1160. The van der Waals surface area contributed by atoms with Crippen molar-refractivity contribution in [3.8, 4) is 5.75 Å². The highest BCUT2D eigenvalue weighted by atomic mass is 16.5. The van der Waals surface area contributed by atoms with Crippen LogP contribution in [0.5, 0.6) is 5.75 Å². The van der Waals surface area contributed by atoms with Gasteiger partial charge in [-0.05, 0) is 59.4 Å². The number of rotatable bonds is 5. The summed E-state index contributed by atoms with van der Waals surface area (Å²) in [6, 6.07) is 18.2. The van der Waals surface area contributed by atoms with Crippen LogP contribution in [-0.2, 0) is 6.42 Å². The fraction of sp³-hybridized carbons (Fsp3) is 0.185. The van der Waals surface area contributed by atoms with Crippen LogP contribution in [0.15, 0.2) is 85.4 Å². The standard InChI is InChI=1S/C27H28N4O/c1-3-25-17-27(30-19-29-25)31-15-14-20(21-10-12-26(32-2)13-11-21)6-4-8-23(18-31)22-7-5-9-24(28)16-22/h4-7,9-14,16-19H,3,8,15,28H2,1-2H3/b6-4-,20-14+,23-18+. The molecule has 0 saturated carbocycles. The van der Waals surface area contributed by atoms with Gasteiger partial charge in [0, 0.05) is 30.2 Å². The Morgan fingerprint density at radius 3 is 2.62 bits per heavy atom. The van der Waals surface area contributed by atoms with E-state index in [1.54, 1.807) is 13.4 Å². The van der Waals surface area contributed by atoms with E-state index in [1.165, 1.54) is 5.57 Å². The molecule has 5 heteroatoms. The number of hydrogen-bond donors (Lipinski definition) is 1. The lowest BCUT2D eigenvalue weighted by molar-refractivity contribution is 0.415. The number of ether oxygens (including phenoxy) is 1. The molecule has 2 N–H and O–H groups in total. The lowest BCUT2D eigenvalue weighted by Gasteiger charge is -2.20. The fourth-order valence-electron chi connectivity index (χ4n) is 3.70. The topological polar surface area (TPSA) is 64.3 Å². The van der Waals surface area contributed by atoms with Crippen molar-refractivity contribution < 1.29 is 4.74 Å². The van der Waals surface area contributed by atoms with Gasteiger partial charge in [0.15, 0.2) is 0 Å². The van der Waals surface area contributed by atoms with Gasteiger partial charge in [0.2, 0.25) is 0 Å². The Labute approximate surface area is 189 Å². The molecule has 0 bridgehead atoms. The molecule has 0 unspecified atom stereocenters. The quantitative estimate of drug-likeness (QED) is 0.546. The summed E-state index contributed by atoms with van der Waals surface area (Å²) in [6.45, 7) is 2.78. The van der Waals surface area contributed by atoms with E-state index >= 15 is 0 Å². The first kappa shape index (κ1) is 21.4. The Balaban J connectivity index is 1.75. The summed E-state index contributed by atoms with van der Waals surface area (Å²) in [6.07, 6.45) is 12.1. The van der Waals surface area contributed by atoms with Gasteiger partial charge in [0.05, 0.1) is 7.11 Å². The van der Waals surface area contributed by atoms with Gasteiger partial charge < -0.3 is 15.4 Å². The summed E-state index contributed by atoms with van der Waals surface area (Å²) >= 11 is 0. The molecule has 0 saturated heterocycles. The Kier molecular flexibility index (Phi) is 6.66. The Morgan fingerprint density at radius 2 is 1.88 bits per heavy atom. The summed E-state index contributed by atoms with van der Waals surface area (Å²) in [5.41, 5.74) is 12.4. The molecule has 0 aliphatic carbocycles. The van der Waals surface area contributed by atoms with Gasteiger partial charge in [-0.2, -0.15) is 0 Å². The number of methoxy groups -OCH3 is 1. The number of aryl methyl sites for hydroxylation is 1. The Morgan fingerprint density at radius 1 is 1.03 bits per heavy atom. The van der Waals surface area contributed by atoms with Crippen molar-refractivity contribution in [2.45, 2.75) is 19.8 Å². The lowest BCUT2D eigenvalue weighted by Crippen LogP contribution is -2.18. The first-order valence-corrected chi connectivity index (χ1v) is 10.8. The number of hydrogen-bond acceptors (Lipinski definition) is 5. The number of aromatic nitrogens is 2. The third-order valence-corrected chi connectivity index (χ3v) is 5.50. The number of benzene rings is 2. The van der Waals surface area contributed by atoms with Crippen LogP contribution in [0.4, 0.5) is 11.5 Å².